The maximum Gasteiger partial charge on any atom is 0.316 e. The van der Waals surface area contributed by atoms with Crippen molar-refractivity contribution < 1.29 is 14.3 Å². The fourth-order valence-electron chi connectivity index (χ4n) is 5.49. The third-order valence-electron chi connectivity index (χ3n) is 7.68. The van der Waals surface area contributed by atoms with Gasteiger partial charge in [-0.15, -0.1) is 0 Å². The Labute approximate surface area is 230 Å². The van der Waals surface area contributed by atoms with Crippen LogP contribution in [0.2, 0.25) is 0 Å². The predicted octanol–water partition coefficient (Wildman–Crippen LogP) is 2.72. The Hall–Kier alpha value is -3.95. The third-order valence-corrected chi connectivity index (χ3v) is 7.68. The number of aromatic nitrogens is 2. The van der Waals surface area contributed by atoms with Crippen molar-refractivity contribution >= 4 is 29.4 Å². The zero-order valence-corrected chi connectivity index (χ0v) is 23.2. The van der Waals surface area contributed by atoms with Gasteiger partial charge in [0.1, 0.15) is 6.61 Å². The summed E-state index contributed by atoms with van der Waals surface area (Å²) in [6.45, 7) is 8.65. The summed E-state index contributed by atoms with van der Waals surface area (Å²) >= 11 is 0. The third kappa shape index (κ3) is 6.21. The number of rotatable bonds is 8. The Balaban J connectivity index is 1.62. The second kappa shape index (κ2) is 12.3. The van der Waals surface area contributed by atoms with Crippen molar-refractivity contribution in [3.05, 3.63) is 52.9 Å². The minimum Gasteiger partial charge on any atom is -0.463 e. The van der Waals surface area contributed by atoms with Crippen LogP contribution in [-0.4, -0.2) is 84.7 Å². The molecule has 10 heteroatoms. The number of nitrogen functional groups attached to an aromatic ring is 1. The minimum absolute atomic E-state index is 0.0145. The van der Waals surface area contributed by atoms with Gasteiger partial charge in [-0.2, -0.15) is 9.97 Å². The van der Waals surface area contributed by atoms with E-state index < -0.39 is 0 Å². The highest BCUT2D eigenvalue weighted by Gasteiger charge is 2.30. The maximum absolute atomic E-state index is 12.1. The molecule has 1 aromatic carbocycles. The highest BCUT2D eigenvalue weighted by Crippen LogP contribution is 2.35. The Morgan fingerprint density at radius 3 is 2.56 bits per heavy atom. The molecular formula is C29H39N7O3. The highest BCUT2D eigenvalue weighted by molar-refractivity contribution is 5.94. The van der Waals surface area contributed by atoms with Gasteiger partial charge in [-0.1, -0.05) is 12.6 Å². The first-order valence-electron chi connectivity index (χ1n) is 13.5. The molecule has 208 valence electrons. The van der Waals surface area contributed by atoms with Crippen LogP contribution in [0.3, 0.4) is 0 Å². The number of hydrogen-bond donors (Lipinski definition) is 2. The van der Waals surface area contributed by atoms with Gasteiger partial charge in [0.2, 0.25) is 11.8 Å². The van der Waals surface area contributed by atoms with Gasteiger partial charge in [0.25, 0.3) is 0 Å². The predicted molar refractivity (Wildman–Crippen MR) is 153 cm³/mol. The fourth-order valence-corrected chi connectivity index (χ4v) is 5.49. The van der Waals surface area contributed by atoms with Crippen LogP contribution >= 0.6 is 0 Å². The standard InChI is InChI=1S/C29H39N7O3/c1-5-25(37)35-13-8-20(9-14-35)27-21-10-15-36(28-19(2)6-7-23(31)22(28)18-30)16-11-24(21)32-29(33-27)39-17-12-26(38)34(3)4/h5-7,18,20,30H,1,8-17,31H2,2-4H3. The second-order valence-corrected chi connectivity index (χ2v) is 10.4. The molecule has 2 aromatic rings. The van der Waals surface area contributed by atoms with Gasteiger partial charge in [-0.05, 0) is 49.5 Å². The largest absolute Gasteiger partial charge is 0.463 e. The molecule has 3 N–H and O–H groups in total. The average Bonchev–Trinajstić information content (AvgIpc) is 3.15. The molecule has 2 aliphatic heterocycles. The molecule has 4 rings (SSSR count). The van der Waals surface area contributed by atoms with E-state index in [4.69, 9.17) is 25.8 Å². The van der Waals surface area contributed by atoms with E-state index in [1.54, 1.807) is 19.0 Å². The van der Waals surface area contributed by atoms with Crippen molar-refractivity contribution in [1.82, 2.24) is 19.8 Å². The van der Waals surface area contributed by atoms with Gasteiger partial charge in [0, 0.05) is 70.1 Å². The van der Waals surface area contributed by atoms with Crippen LogP contribution in [0.4, 0.5) is 11.4 Å². The van der Waals surface area contributed by atoms with Crippen LogP contribution in [0.25, 0.3) is 0 Å². The number of hydrogen-bond acceptors (Lipinski definition) is 8. The first-order chi connectivity index (χ1) is 18.7. The molecule has 39 heavy (non-hydrogen) atoms. The zero-order valence-electron chi connectivity index (χ0n) is 23.2. The number of nitrogens with zero attached hydrogens (tertiary/aromatic N) is 5. The molecule has 1 fully saturated rings. The number of aryl methyl sites for hydroxylation is 1. The van der Waals surface area contributed by atoms with E-state index in [9.17, 15) is 9.59 Å². The molecule has 0 bridgehead atoms. The SMILES string of the molecule is C=CC(=O)N1CCC(c2nc(OCCC(=O)N(C)C)nc3c2CCN(c2c(C)ccc(N)c2C=N)CC3)CC1. The van der Waals surface area contributed by atoms with E-state index in [0.717, 1.165) is 66.1 Å². The Kier molecular flexibility index (Phi) is 8.83. The van der Waals surface area contributed by atoms with Gasteiger partial charge < -0.3 is 30.6 Å². The number of nitrogens with one attached hydrogen (secondary N) is 1. The molecule has 10 nitrogen and oxygen atoms in total. The lowest BCUT2D eigenvalue weighted by Gasteiger charge is -2.32. The number of carbonyl (C=O) groups is 2. The number of amides is 2. The summed E-state index contributed by atoms with van der Waals surface area (Å²) < 4.78 is 5.92. The maximum atomic E-state index is 12.1. The number of fused-ring (bicyclic) bond motifs is 1. The van der Waals surface area contributed by atoms with E-state index in [1.165, 1.54) is 12.3 Å². The second-order valence-electron chi connectivity index (χ2n) is 10.4. The molecule has 0 saturated carbocycles. The number of anilines is 2. The first-order valence-corrected chi connectivity index (χ1v) is 13.5. The number of ether oxygens (including phenoxy) is 1. The van der Waals surface area contributed by atoms with Gasteiger partial charge in [0.05, 0.1) is 23.5 Å². The van der Waals surface area contributed by atoms with Crippen molar-refractivity contribution in [3.8, 4) is 6.01 Å². The van der Waals surface area contributed by atoms with Crippen molar-refractivity contribution in [2.45, 2.75) is 44.9 Å². The van der Waals surface area contributed by atoms with Gasteiger partial charge in [-0.3, -0.25) is 9.59 Å². The van der Waals surface area contributed by atoms with E-state index >= 15 is 0 Å². The van der Waals surface area contributed by atoms with Crippen molar-refractivity contribution in [2.24, 2.45) is 0 Å². The molecule has 1 saturated heterocycles. The molecule has 3 heterocycles. The summed E-state index contributed by atoms with van der Waals surface area (Å²) in [7, 11) is 3.45. The molecular weight excluding hydrogens is 494 g/mol. The Morgan fingerprint density at radius 1 is 1.18 bits per heavy atom. The lowest BCUT2D eigenvalue weighted by molar-refractivity contribution is -0.129. The Morgan fingerprint density at radius 2 is 1.90 bits per heavy atom. The van der Waals surface area contributed by atoms with Crippen LogP contribution in [0.15, 0.2) is 24.8 Å². The van der Waals surface area contributed by atoms with Crippen molar-refractivity contribution in [2.75, 3.05) is 57.5 Å². The van der Waals surface area contributed by atoms with Crippen LogP contribution in [0.1, 0.15) is 53.3 Å². The minimum atomic E-state index is -0.0419. The monoisotopic (exact) mass is 533 g/mol. The first kappa shape index (κ1) is 28.1. The van der Waals surface area contributed by atoms with Gasteiger partial charge in [0.15, 0.2) is 0 Å². The van der Waals surface area contributed by atoms with Gasteiger partial charge in [-0.25, -0.2) is 0 Å². The molecule has 0 aliphatic carbocycles. The highest BCUT2D eigenvalue weighted by atomic mass is 16.5. The van der Waals surface area contributed by atoms with Crippen LogP contribution in [0.5, 0.6) is 6.01 Å². The molecule has 2 aliphatic rings. The van der Waals surface area contributed by atoms with Gasteiger partial charge >= 0.3 is 6.01 Å². The van der Waals surface area contributed by atoms with E-state index in [1.807, 2.05) is 24.0 Å². The van der Waals surface area contributed by atoms with Crippen molar-refractivity contribution in [1.29, 1.82) is 5.41 Å². The number of nitrogens with two attached hydrogens (primary N) is 1. The number of carbonyl (C=O) groups excluding carboxylic acids is 2. The van der Waals surface area contributed by atoms with Crippen LogP contribution in [-0.2, 0) is 22.4 Å². The summed E-state index contributed by atoms with van der Waals surface area (Å²) in [5.74, 6) is 0.123. The summed E-state index contributed by atoms with van der Waals surface area (Å²) in [6, 6.07) is 4.15. The molecule has 0 unspecified atom stereocenters. The van der Waals surface area contributed by atoms with Crippen LogP contribution < -0.4 is 15.4 Å². The summed E-state index contributed by atoms with van der Waals surface area (Å²) in [6.07, 6.45) is 6.00. The summed E-state index contributed by atoms with van der Waals surface area (Å²) in [5.41, 5.74) is 12.7. The number of benzene rings is 1. The van der Waals surface area contributed by atoms with Crippen LogP contribution in [0, 0.1) is 12.3 Å². The smallest absolute Gasteiger partial charge is 0.316 e. The molecule has 1 aromatic heterocycles. The quantitative estimate of drug-likeness (QED) is 0.303. The van der Waals surface area contributed by atoms with E-state index in [2.05, 4.69) is 11.5 Å². The number of likely N-dealkylation sites (tertiary alicyclic amines) is 1. The molecule has 2 amide bonds. The van der Waals surface area contributed by atoms with E-state index in [0.29, 0.717) is 31.2 Å². The lowest BCUT2D eigenvalue weighted by atomic mass is 9.88. The molecule has 0 spiro atoms. The molecule has 0 atom stereocenters. The molecule has 0 radical (unpaired) electrons. The van der Waals surface area contributed by atoms with Crippen molar-refractivity contribution in [3.63, 3.8) is 0 Å². The summed E-state index contributed by atoms with van der Waals surface area (Å²) in [5, 5.41) is 7.97. The summed E-state index contributed by atoms with van der Waals surface area (Å²) in [4.78, 5) is 39.5. The normalized spacial score (nSPS) is 15.8. The van der Waals surface area contributed by atoms with E-state index in [-0.39, 0.29) is 30.8 Å². The number of piperidine rings is 1. The zero-order chi connectivity index (χ0) is 28.1. The topological polar surface area (TPSA) is 129 Å². The lowest BCUT2D eigenvalue weighted by Crippen LogP contribution is -2.37. The average molecular weight is 534 g/mol. The Bertz CT molecular complexity index is 1250. The fraction of sp³-hybridized carbons (Fsp3) is 0.483.